The number of nitrogens with one attached hydrogen (secondary N) is 1. The van der Waals surface area contributed by atoms with Crippen LogP contribution in [-0.4, -0.2) is 35.5 Å². The lowest BCUT2D eigenvalue weighted by Crippen LogP contribution is -2.35. The van der Waals surface area contributed by atoms with Gasteiger partial charge in [0.25, 0.3) is 5.91 Å². The van der Waals surface area contributed by atoms with E-state index in [0.717, 1.165) is 0 Å². The highest BCUT2D eigenvalue weighted by molar-refractivity contribution is 6.42. The van der Waals surface area contributed by atoms with Gasteiger partial charge in [0.2, 0.25) is 5.91 Å². The predicted molar refractivity (Wildman–Crippen MR) is 83.3 cm³/mol. The number of anilines is 1. The fraction of sp³-hybridized carbons (Fsp3) is 0.214. The Morgan fingerprint density at radius 2 is 2.00 bits per heavy atom. The zero-order chi connectivity index (χ0) is 16.3. The van der Waals surface area contributed by atoms with Gasteiger partial charge in [-0.15, -0.1) is 0 Å². The first-order valence-electron chi connectivity index (χ1n) is 6.30. The molecule has 0 aliphatic rings. The van der Waals surface area contributed by atoms with Gasteiger partial charge in [0.05, 0.1) is 16.6 Å². The number of carbonyl (C=O) groups is 2. The molecule has 1 N–H and O–H groups in total. The molecule has 0 fully saturated rings. The largest absolute Gasteiger partial charge is 0.360 e. The second kappa shape index (κ2) is 6.81. The zero-order valence-corrected chi connectivity index (χ0v) is 13.4. The number of nitrogens with zero attached hydrogens (tertiary/aromatic N) is 2. The third kappa shape index (κ3) is 3.99. The molecule has 0 atom stereocenters. The van der Waals surface area contributed by atoms with Crippen molar-refractivity contribution in [1.82, 2.24) is 10.1 Å². The fourth-order valence-corrected chi connectivity index (χ4v) is 2.04. The van der Waals surface area contributed by atoms with E-state index in [0.29, 0.717) is 22.2 Å². The molecule has 1 aromatic heterocycles. The Labute approximate surface area is 137 Å². The molecule has 6 nitrogen and oxygen atoms in total. The average molecular weight is 342 g/mol. The van der Waals surface area contributed by atoms with Gasteiger partial charge in [-0.3, -0.25) is 9.59 Å². The van der Waals surface area contributed by atoms with Gasteiger partial charge in [0.15, 0.2) is 5.82 Å². The van der Waals surface area contributed by atoms with Crippen LogP contribution < -0.4 is 5.32 Å². The first-order valence-corrected chi connectivity index (χ1v) is 7.06. The van der Waals surface area contributed by atoms with E-state index >= 15 is 0 Å². The maximum absolute atomic E-state index is 12.2. The van der Waals surface area contributed by atoms with Gasteiger partial charge in [0, 0.05) is 18.7 Å². The Morgan fingerprint density at radius 1 is 1.27 bits per heavy atom. The van der Waals surface area contributed by atoms with E-state index in [1.165, 1.54) is 24.1 Å². The third-order valence-corrected chi connectivity index (χ3v) is 3.53. The van der Waals surface area contributed by atoms with E-state index in [4.69, 9.17) is 27.7 Å². The Kier molecular flexibility index (Phi) is 5.05. The second-order valence-corrected chi connectivity index (χ2v) is 5.48. The van der Waals surface area contributed by atoms with Gasteiger partial charge in [-0.1, -0.05) is 28.4 Å². The number of aromatic nitrogens is 1. The van der Waals surface area contributed by atoms with Crippen LogP contribution in [0, 0.1) is 6.92 Å². The molecule has 1 aromatic carbocycles. The smallest absolute Gasteiger partial charge is 0.254 e. The van der Waals surface area contributed by atoms with E-state index in [2.05, 4.69) is 10.5 Å². The summed E-state index contributed by atoms with van der Waals surface area (Å²) in [6.45, 7) is 1.58. The highest BCUT2D eigenvalue weighted by Gasteiger charge is 2.16. The van der Waals surface area contributed by atoms with Crippen LogP contribution in [-0.2, 0) is 4.79 Å². The van der Waals surface area contributed by atoms with Gasteiger partial charge in [-0.25, -0.2) is 0 Å². The summed E-state index contributed by atoms with van der Waals surface area (Å²) in [7, 11) is 1.51. The van der Waals surface area contributed by atoms with Crippen LogP contribution in [0.25, 0.3) is 0 Å². The molecule has 2 amide bonds. The Morgan fingerprint density at radius 3 is 2.59 bits per heavy atom. The Bertz CT molecular complexity index is 715. The number of halogens is 2. The lowest BCUT2D eigenvalue weighted by Gasteiger charge is -2.16. The Hall–Kier alpha value is -2.05. The molecule has 2 rings (SSSR count). The number of likely N-dealkylation sites (N-methyl/N-ethyl adjacent to an activating group) is 1. The van der Waals surface area contributed by atoms with Gasteiger partial charge < -0.3 is 14.7 Å². The number of aryl methyl sites for hydroxylation is 1. The summed E-state index contributed by atoms with van der Waals surface area (Å²) in [4.78, 5) is 25.3. The van der Waals surface area contributed by atoms with E-state index in [1.807, 2.05) is 0 Å². The second-order valence-electron chi connectivity index (χ2n) is 4.66. The SMILES string of the molecule is Cc1cc(NC(=O)CN(C)C(=O)c2ccc(Cl)c(Cl)c2)no1. The standard InChI is InChI=1S/C14H13Cl2N3O3/c1-8-5-12(18-22-8)17-13(20)7-19(2)14(21)9-3-4-10(15)11(16)6-9/h3-6H,7H2,1-2H3,(H,17,18,20). The number of benzene rings is 1. The van der Waals surface area contributed by atoms with Crippen LogP contribution in [0.2, 0.25) is 10.0 Å². The van der Waals surface area contributed by atoms with Gasteiger partial charge in [-0.05, 0) is 25.1 Å². The van der Waals surface area contributed by atoms with Gasteiger partial charge in [0.1, 0.15) is 5.76 Å². The highest BCUT2D eigenvalue weighted by Crippen LogP contribution is 2.23. The molecular formula is C14H13Cl2N3O3. The minimum atomic E-state index is -0.385. The summed E-state index contributed by atoms with van der Waals surface area (Å²) in [6.07, 6.45) is 0. The van der Waals surface area contributed by atoms with Gasteiger partial charge in [-0.2, -0.15) is 0 Å². The molecule has 2 aromatic rings. The van der Waals surface area contributed by atoms with Crippen molar-refractivity contribution in [3.63, 3.8) is 0 Å². The zero-order valence-electron chi connectivity index (χ0n) is 11.9. The molecule has 0 saturated heterocycles. The minimum Gasteiger partial charge on any atom is -0.360 e. The molecule has 0 radical (unpaired) electrons. The van der Waals surface area contributed by atoms with E-state index < -0.39 is 0 Å². The van der Waals surface area contributed by atoms with Crippen LogP contribution in [0.1, 0.15) is 16.1 Å². The highest BCUT2D eigenvalue weighted by atomic mass is 35.5. The number of hydrogen-bond donors (Lipinski definition) is 1. The molecule has 1 heterocycles. The van der Waals surface area contributed by atoms with Gasteiger partial charge >= 0.3 is 0 Å². The lowest BCUT2D eigenvalue weighted by atomic mass is 10.2. The minimum absolute atomic E-state index is 0.134. The van der Waals surface area contributed by atoms with Crippen molar-refractivity contribution in [3.05, 3.63) is 45.6 Å². The van der Waals surface area contributed by atoms with Crippen LogP contribution in [0.3, 0.4) is 0 Å². The van der Waals surface area contributed by atoms with Crippen molar-refractivity contribution in [2.24, 2.45) is 0 Å². The number of carbonyl (C=O) groups excluding carboxylic acids is 2. The molecule has 0 bridgehead atoms. The molecule has 116 valence electrons. The summed E-state index contributed by atoms with van der Waals surface area (Å²) < 4.78 is 4.84. The summed E-state index contributed by atoms with van der Waals surface area (Å²) in [5, 5.41) is 6.82. The van der Waals surface area contributed by atoms with E-state index in [1.54, 1.807) is 19.1 Å². The summed E-state index contributed by atoms with van der Waals surface area (Å²) in [5.74, 6) is 0.155. The van der Waals surface area contributed by atoms with E-state index in [-0.39, 0.29) is 23.4 Å². The molecule has 22 heavy (non-hydrogen) atoms. The quantitative estimate of drug-likeness (QED) is 0.927. The third-order valence-electron chi connectivity index (χ3n) is 2.79. The predicted octanol–water partition coefficient (Wildman–Crippen LogP) is 3.00. The number of hydrogen-bond acceptors (Lipinski definition) is 4. The maximum atomic E-state index is 12.2. The molecule has 0 aliphatic carbocycles. The van der Waals surface area contributed by atoms with Crippen molar-refractivity contribution in [3.8, 4) is 0 Å². The topological polar surface area (TPSA) is 75.4 Å². The van der Waals surface area contributed by atoms with Crippen molar-refractivity contribution < 1.29 is 14.1 Å². The maximum Gasteiger partial charge on any atom is 0.254 e. The number of amides is 2. The molecule has 0 saturated carbocycles. The number of rotatable bonds is 4. The van der Waals surface area contributed by atoms with Crippen molar-refractivity contribution in [2.45, 2.75) is 6.92 Å². The Balaban J connectivity index is 1.98. The molecule has 8 heteroatoms. The van der Waals surface area contributed by atoms with Crippen molar-refractivity contribution in [1.29, 1.82) is 0 Å². The summed E-state index contributed by atoms with van der Waals surface area (Å²) >= 11 is 11.7. The van der Waals surface area contributed by atoms with Crippen molar-refractivity contribution >= 4 is 40.8 Å². The molecule has 0 spiro atoms. The lowest BCUT2D eigenvalue weighted by molar-refractivity contribution is -0.116. The van der Waals surface area contributed by atoms with E-state index in [9.17, 15) is 9.59 Å². The first kappa shape index (κ1) is 16.3. The van der Waals surface area contributed by atoms with Crippen LogP contribution >= 0.6 is 23.2 Å². The first-order chi connectivity index (χ1) is 10.4. The normalized spacial score (nSPS) is 10.4. The van der Waals surface area contributed by atoms with Crippen LogP contribution in [0.4, 0.5) is 5.82 Å². The summed E-state index contributed by atoms with van der Waals surface area (Å²) in [6, 6.07) is 6.12. The average Bonchev–Trinajstić information content (AvgIpc) is 2.86. The van der Waals surface area contributed by atoms with Crippen LogP contribution in [0.15, 0.2) is 28.8 Å². The molecule has 0 unspecified atom stereocenters. The molecular weight excluding hydrogens is 329 g/mol. The van der Waals surface area contributed by atoms with Crippen molar-refractivity contribution in [2.75, 3.05) is 18.9 Å². The fourth-order valence-electron chi connectivity index (χ4n) is 1.74. The summed E-state index contributed by atoms with van der Waals surface area (Å²) in [5.41, 5.74) is 0.349. The monoisotopic (exact) mass is 341 g/mol. The van der Waals surface area contributed by atoms with Crippen LogP contribution in [0.5, 0.6) is 0 Å². The molecule has 0 aliphatic heterocycles.